The number of ether oxygens (including phenoxy) is 2. The number of carbonyl (C=O) groups is 4. The number of halogens is 1. The number of rotatable bonds is 7. The van der Waals surface area contributed by atoms with E-state index in [1.54, 1.807) is 18.2 Å². The quantitative estimate of drug-likeness (QED) is 0.479. The van der Waals surface area contributed by atoms with Crippen LogP contribution in [0, 0.1) is 17.7 Å². The molecule has 2 fully saturated rings. The van der Waals surface area contributed by atoms with Crippen molar-refractivity contribution in [2.24, 2.45) is 17.6 Å². The van der Waals surface area contributed by atoms with Gasteiger partial charge in [-0.1, -0.05) is 6.07 Å². The minimum Gasteiger partial charge on any atom is -0.493 e. The van der Waals surface area contributed by atoms with E-state index in [1.165, 1.54) is 32.4 Å². The summed E-state index contributed by atoms with van der Waals surface area (Å²) < 4.78 is 24.8. The first-order chi connectivity index (χ1) is 17.2. The molecule has 0 radical (unpaired) electrons. The van der Waals surface area contributed by atoms with Gasteiger partial charge in [-0.05, 0) is 42.3 Å². The number of nitrogens with zero attached hydrogens (tertiary/aromatic N) is 1. The van der Waals surface area contributed by atoms with Crippen molar-refractivity contribution < 1.29 is 33.0 Å². The second-order valence-electron chi connectivity index (χ2n) is 9.14. The van der Waals surface area contributed by atoms with E-state index in [9.17, 15) is 23.6 Å². The number of fused-ring (bicyclic) bond motifs is 4. The summed E-state index contributed by atoms with van der Waals surface area (Å²) in [6.45, 7) is 0.0527. The Balaban J connectivity index is 1.49. The highest BCUT2D eigenvalue weighted by Crippen LogP contribution is 2.53. The monoisotopic (exact) mass is 496 g/mol. The number of imide groups is 1. The maximum Gasteiger partial charge on any atom is 0.250 e. The predicted molar refractivity (Wildman–Crippen MR) is 124 cm³/mol. The standard InChI is InChI=1S/C25H25FN4O6/c1-35-17-6-3-12(9-18(17)36-2)7-8-30-22(32)20-16(11-19(27)31)29-25(21(20)23(30)33)14-10-13(26)4-5-15(14)28-24(25)34/h3-6,9-10,16,20-21,29H,7-8,11H2,1-2H3,(H2,27,31)(H,28,34)/t16?,20-,21+,25?/m1/s1. The lowest BCUT2D eigenvalue weighted by molar-refractivity contribution is -0.142. The average molecular weight is 496 g/mol. The Labute approximate surface area is 205 Å². The van der Waals surface area contributed by atoms with Crippen LogP contribution < -0.4 is 25.8 Å². The largest absolute Gasteiger partial charge is 0.493 e. The summed E-state index contributed by atoms with van der Waals surface area (Å²) in [5.74, 6) is -4.02. The van der Waals surface area contributed by atoms with Gasteiger partial charge in [0.05, 0.1) is 26.1 Å². The zero-order valence-electron chi connectivity index (χ0n) is 19.7. The van der Waals surface area contributed by atoms with Gasteiger partial charge in [-0.15, -0.1) is 0 Å². The van der Waals surface area contributed by atoms with Gasteiger partial charge in [0, 0.05) is 30.3 Å². The van der Waals surface area contributed by atoms with Crippen LogP contribution in [0.4, 0.5) is 10.1 Å². The number of benzene rings is 2. The second-order valence-corrected chi connectivity index (χ2v) is 9.14. The lowest BCUT2D eigenvalue weighted by Crippen LogP contribution is -2.53. The highest BCUT2D eigenvalue weighted by atomic mass is 19.1. The van der Waals surface area contributed by atoms with Crippen molar-refractivity contribution in [3.8, 4) is 11.5 Å². The van der Waals surface area contributed by atoms with Gasteiger partial charge in [0.1, 0.15) is 11.4 Å². The highest BCUT2D eigenvalue weighted by molar-refractivity contribution is 6.15. The van der Waals surface area contributed by atoms with Crippen LogP contribution in [-0.4, -0.2) is 55.3 Å². The summed E-state index contributed by atoms with van der Waals surface area (Å²) in [5, 5.41) is 5.72. The third-order valence-corrected chi connectivity index (χ3v) is 7.26. The number of methoxy groups -OCH3 is 2. The molecule has 3 aliphatic rings. The minimum absolute atomic E-state index is 0.0527. The number of likely N-dealkylation sites (tertiary alicyclic amines) is 1. The van der Waals surface area contributed by atoms with E-state index < -0.39 is 52.9 Å². The number of nitrogens with one attached hydrogen (secondary N) is 2. The van der Waals surface area contributed by atoms with Gasteiger partial charge < -0.3 is 20.5 Å². The molecule has 5 rings (SSSR count). The maximum atomic E-state index is 14.2. The van der Waals surface area contributed by atoms with Crippen molar-refractivity contribution in [2.45, 2.75) is 24.4 Å². The Morgan fingerprint density at radius 1 is 1.08 bits per heavy atom. The number of primary amides is 1. The van der Waals surface area contributed by atoms with Crippen LogP contribution in [0.2, 0.25) is 0 Å². The average Bonchev–Trinajstić information content (AvgIpc) is 3.41. The van der Waals surface area contributed by atoms with Crippen LogP contribution >= 0.6 is 0 Å². The van der Waals surface area contributed by atoms with Crippen LogP contribution in [0.3, 0.4) is 0 Å². The normalized spacial score (nSPS) is 26.2. The highest BCUT2D eigenvalue weighted by Gasteiger charge is 2.70. The maximum absolute atomic E-state index is 14.2. The number of carbonyl (C=O) groups excluding carboxylic acids is 4. The fraction of sp³-hybridized carbons (Fsp3) is 0.360. The molecule has 4 N–H and O–H groups in total. The van der Waals surface area contributed by atoms with Crippen molar-refractivity contribution in [3.05, 3.63) is 53.3 Å². The number of hydrogen-bond acceptors (Lipinski definition) is 7. The lowest BCUT2D eigenvalue weighted by Gasteiger charge is -2.29. The molecule has 188 valence electrons. The summed E-state index contributed by atoms with van der Waals surface area (Å²) in [5.41, 5.74) is 5.12. The van der Waals surface area contributed by atoms with Crippen LogP contribution in [0.5, 0.6) is 11.5 Å². The van der Waals surface area contributed by atoms with Crippen molar-refractivity contribution in [3.63, 3.8) is 0 Å². The summed E-state index contributed by atoms with van der Waals surface area (Å²) in [6.07, 6.45) is 0.0684. The van der Waals surface area contributed by atoms with Gasteiger partial charge in [-0.3, -0.25) is 29.4 Å². The summed E-state index contributed by atoms with van der Waals surface area (Å²) in [4.78, 5) is 53.4. The number of nitrogens with two attached hydrogens (primary N) is 1. The Bertz CT molecular complexity index is 1300. The third kappa shape index (κ3) is 3.41. The predicted octanol–water partition coefficient (Wildman–Crippen LogP) is 0.681. The summed E-state index contributed by atoms with van der Waals surface area (Å²) in [7, 11) is 3.03. The van der Waals surface area contributed by atoms with E-state index >= 15 is 0 Å². The molecule has 2 aromatic carbocycles. The first-order valence-electron chi connectivity index (χ1n) is 11.4. The Morgan fingerprint density at radius 3 is 2.53 bits per heavy atom. The molecule has 0 aromatic heterocycles. The molecule has 4 atom stereocenters. The van der Waals surface area contributed by atoms with E-state index in [1.807, 2.05) is 0 Å². The first-order valence-corrected chi connectivity index (χ1v) is 11.4. The smallest absolute Gasteiger partial charge is 0.250 e. The molecule has 4 amide bonds. The molecule has 0 aliphatic carbocycles. The molecule has 36 heavy (non-hydrogen) atoms. The lowest BCUT2D eigenvalue weighted by atomic mass is 9.76. The van der Waals surface area contributed by atoms with Gasteiger partial charge in [-0.2, -0.15) is 0 Å². The van der Waals surface area contributed by atoms with Crippen LogP contribution in [0.1, 0.15) is 17.5 Å². The zero-order chi connectivity index (χ0) is 25.8. The molecule has 2 unspecified atom stereocenters. The first kappa shape index (κ1) is 23.7. The summed E-state index contributed by atoms with van der Waals surface area (Å²) in [6, 6.07) is 8.20. The van der Waals surface area contributed by atoms with Crippen molar-refractivity contribution in [1.82, 2.24) is 10.2 Å². The topological polar surface area (TPSA) is 140 Å². The third-order valence-electron chi connectivity index (χ3n) is 7.26. The van der Waals surface area contributed by atoms with E-state index in [4.69, 9.17) is 15.2 Å². The van der Waals surface area contributed by atoms with Gasteiger partial charge in [0.2, 0.25) is 23.6 Å². The fourth-order valence-corrected chi connectivity index (χ4v) is 5.72. The molecule has 3 heterocycles. The van der Waals surface area contributed by atoms with E-state index in [2.05, 4.69) is 10.6 Å². The number of anilines is 1. The molecular weight excluding hydrogens is 471 g/mol. The Kier molecular flexibility index (Phi) is 5.67. The van der Waals surface area contributed by atoms with Crippen molar-refractivity contribution in [2.75, 3.05) is 26.1 Å². The minimum atomic E-state index is -1.69. The van der Waals surface area contributed by atoms with Crippen LogP contribution in [-0.2, 0) is 31.1 Å². The fourth-order valence-electron chi connectivity index (χ4n) is 5.72. The van der Waals surface area contributed by atoms with Crippen molar-refractivity contribution in [1.29, 1.82) is 0 Å². The van der Waals surface area contributed by atoms with Gasteiger partial charge in [-0.25, -0.2) is 4.39 Å². The van der Waals surface area contributed by atoms with E-state index in [0.717, 1.165) is 10.5 Å². The van der Waals surface area contributed by atoms with Gasteiger partial charge in [0.25, 0.3) is 0 Å². The molecule has 0 bridgehead atoms. The van der Waals surface area contributed by atoms with E-state index in [-0.39, 0.29) is 18.5 Å². The molecule has 1 spiro atoms. The second kappa shape index (κ2) is 8.59. The Hall–Kier alpha value is -3.99. The number of hydrogen-bond donors (Lipinski definition) is 3. The molecule has 0 saturated carbocycles. The summed E-state index contributed by atoms with van der Waals surface area (Å²) >= 11 is 0. The number of amides is 4. The van der Waals surface area contributed by atoms with E-state index in [0.29, 0.717) is 23.6 Å². The van der Waals surface area contributed by atoms with Gasteiger partial charge in [0.15, 0.2) is 11.5 Å². The Morgan fingerprint density at radius 2 is 1.83 bits per heavy atom. The van der Waals surface area contributed by atoms with Crippen molar-refractivity contribution >= 4 is 29.3 Å². The molecule has 10 nitrogen and oxygen atoms in total. The molecule has 2 saturated heterocycles. The SMILES string of the molecule is COc1ccc(CCN2C(=O)[C@@H]3C(CC(N)=O)NC4(C(=O)Nc5ccc(F)cc54)[C@@H]3C2=O)cc1OC. The van der Waals surface area contributed by atoms with Gasteiger partial charge >= 0.3 is 0 Å². The van der Waals surface area contributed by atoms with Crippen LogP contribution in [0.15, 0.2) is 36.4 Å². The van der Waals surface area contributed by atoms with Crippen LogP contribution in [0.25, 0.3) is 0 Å². The molecular formula is C25H25FN4O6. The zero-order valence-corrected chi connectivity index (χ0v) is 19.7. The molecule has 11 heteroatoms. The molecule has 2 aromatic rings. The molecule has 3 aliphatic heterocycles.